The lowest BCUT2D eigenvalue weighted by Gasteiger charge is -2.42. The maximum absolute atomic E-state index is 13.1. The van der Waals surface area contributed by atoms with Gasteiger partial charge in [0, 0.05) is 26.2 Å². The van der Waals surface area contributed by atoms with Crippen LogP contribution in [0.2, 0.25) is 0 Å². The zero-order valence-electron chi connectivity index (χ0n) is 17.5. The fourth-order valence-electron chi connectivity index (χ4n) is 4.17. The first-order valence-corrected chi connectivity index (χ1v) is 10.6. The molecule has 3 amide bonds. The molecule has 2 N–H and O–H groups in total. The Bertz CT molecular complexity index is 838. The van der Waals surface area contributed by atoms with E-state index in [-0.39, 0.29) is 36.0 Å². The van der Waals surface area contributed by atoms with E-state index in [1.165, 1.54) is 19.8 Å². The molecule has 162 valence electrons. The summed E-state index contributed by atoms with van der Waals surface area (Å²) in [4.78, 5) is 38.3. The van der Waals surface area contributed by atoms with Crippen molar-refractivity contribution in [2.75, 3.05) is 25.5 Å². The van der Waals surface area contributed by atoms with Crippen LogP contribution in [0.25, 0.3) is 0 Å². The van der Waals surface area contributed by atoms with Crippen LogP contribution in [0.5, 0.6) is 5.75 Å². The number of amides is 3. The van der Waals surface area contributed by atoms with E-state index in [4.69, 9.17) is 9.47 Å². The summed E-state index contributed by atoms with van der Waals surface area (Å²) in [6.07, 6.45) is 3.75. The fraction of sp³-hybridized carbons (Fsp3) is 0.591. The van der Waals surface area contributed by atoms with Gasteiger partial charge in [-0.2, -0.15) is 0 Å². The van der Waals surface area contributed by atoms with Crippen molar-refractivity contribution in [1.82, 2.24) is 10.2 Å². The number of carbonyl (C=O) groups is 3. The molecule has 1 saturated carbocycles. The Morgan fingerprint density at radius 3 is 2.73 bits per heavy atom. The maximum Gasteiger partial charge on any atom is 0.257 e. The van der Waals surface area contributed by atoms with Crippen LogP contribution in [0.4, 0.5) is 5.69 Å². The molecule has 1 aromatic rings. The van der Waals surface area contributed by atoms with Gasteiger partial charge in [-0.3, -0.25) is 14.4 Å². The van der Waals surface area contributed by atoms with Gasteiger partial charge in [0.15, 0.2) is 0 Å². The number of rotatable bonds is 5. The number of fused-ring (bicyclic) bond motifs is 2. The van der Waals surface area contributed by atoms with Crippen molar-refractivity contribution in [3.05, 3.63) is 23.8 Å². The van der Waals surface area contributed by atoms with E-state index in [2.05, 4.69) is 10.6 Å². The number of hydrogen-bond donors (Lipinski definition) is 2. The summed E-state index contributed by atoms with van der Waals surface area (Å²) in [6.45, 7) is 2.48. The Balaban J connectivity index is 1.43. The Kier molecular flexibility index (Phi) is 5.94. The summed E-state index contributed by atoms with van der Waals surface area (Å²) in [6, 6.07) is 4.92. The number of nitrogens with one attached hydrogen (secondary N) is 2. The monoisotopic (exact) mass is 415 g/mol. The summed E-state index contributed by atoms with van der Waals surface area (Å²) < 4.78 is 12.1. The molecule has 2 aliphatic heterocycles. The minimum absolute atomic E-state index is 0.0254. The summed E-state index contributed by atoms with van der Waals surface area (Å²) >= 11 is 0. The van der Waals surface area contributed by atoms with Crippen molar-refractivity contribution in [2.45, 2.75) is 57.3 Å². The maximum atomic E-state index is 13.1. The average Bonchev–Trinajstić information content (AvgIpc) is 3.54. The third-order valence-corrected chi connectivity index (χ3v) is 6.03. The molecular weight excluding hydrogens is 386 g/mol. The molecule has 0 spiro atoms. The highest BCUT2D eigenvalue weighted by Crippen LogP contribution is 2.32. The molecule has 2 fully saturated rings. The molecule has 8 nitrogen and oxygen atoms in total. The van der Waals surface area contributed by atoms with Gasteiger partial charge in [0.2, 0.25) is 11.8 Å². The zero-order chi connectivity index (χ0) is 21.3. The third kappa shape index (κ3) is 4.75. The molecule has 4 rings (SSSR count). The normalized spacial score (nSPS) is 25.9. The quantitative estimate of drug-likeness (QED) is 0.766. The van der Waals surface area contributed by atoms with E-state index in [0.717, 1.165) is 13.0 Å². The van der Waals surface area contributed by atoms with Gasteiger partial charge >= 0.3 is 0 Å². The molecule has 1 aliphatic carbocycles. The molecule has 30 heavy (non-hydrogen) atoms. The molecule has 2 heterocycles. The molecule has 0 radical (unpaired) electrons. The van der Waals surface area contributed by atoms with Crippen LogP contribution in [-0.4, -0.2) is 61.1 Å². The molecule has 1 aromatic carbocycles. The second-order valence-electron chi connectivity index (χ2n) is 8.51. The second kappa shape index (κ2) is 8.63. The van der Waals surface area contributed by atoms with E-state index in [1.807, 2.05) is 0 Å². The first-order chi connectivity index (χ1) is 14.4. The Hall–Kier alpha value is -2.61. The van der Waals surface area contributed by atoms with Gasteiger partial charge in [0.25, 0.3) is 5.91 Å². The minimum atomic E-state index is -0.294. The van der Waals surface area contributed by atoms with Crippen LogP contribution < -0.4 is 15.4 Å². The number of anilines is 1. The molecule has 3 aliphatic rings. The first-order valence-electron chi connectivity index (χ1n) is 10.6. The fourth-order valence-corrected chi connectivity index (χ4v) is 4.17. The van der Waals surface area contributed by atoms with E-state index in [1.54, 1.807) is 30.1 Å². The SMILES string of the molecule is CC(=O)Nc1ccc2c(c1)C(=O)N(C)[C@H]1CC[C@@H](CC(=O)NCC3CC3)O[C@@H]1CO2. The van der Waals surface area contributed by atoms with Gasteiger partial charge < -0.3 is 25.0 Å². The second-order valence-corrected chi connectivity index (χ2v) is 8.51. The van der Waals surface area contributed by atoms with Crippen molar-refractivity contribution in [1.29, 1.82) is 0 Å². The smallest absolute Gasteiger partial charge is 0.257 e. The van der Waals surface area contributed by atoms with Crippen molar-refractivity contribution >= 4 is 23.4 Å². The number of likely N-dealkylation sites (N-methyl/N-ethyl adjacent to an activating group) is 1. The van der Waals surface area contributed by atoms with Gasteiger partial charge in [-0.1, -0.05) is 0 Å². The van der Waals surface area contributed by atoms with Gasteiger partial charge in [-0.05, 0) is 49.8 Å². The molecule has 1 saturated heterocycles. The van der Waals surface area contributed by atoms with Crippen molar-refractivity contribution in [3.63, 3.8) is 0 Å². The average molecular weight is 415 g/mol. The number of hydrogen-bond acceptors (Lipinski definition) is 5. The van der Waals surface area contributed by atoms with Gasteiger partial charge in [0.05, 0.1) is 24.1 Å². The standard InChI is InChI=1S/C22H29N3O5/c1-13(26)24-15-5-8-19-17(9-15)22(28)25(2)18-7-6-16(30-20(18)12-29-19)10-21(27)23-11-14-3-4-14/h5,8-9,14,16,18,20H,3-4,6-7,10-12H2,1-2H3,(H,23,27)(H,24,26)/t16-,18-,20+/m0/s1. The number of carbonyl (C=O) groups excluding carboxylic acids is 3. The van der Waals surface area contributed by atoms with Crippen LogP contribution in [0.15, 0.2) is 18.2 Å². The zero-order valence-corrected chi connectivity index (χ0v) is 17.5. The highest BCUT2D eigenvalue weighted by Gasteiger charge is 2.39. The molecule has 0 bridgehead atoms. The summed E-state index contributed by atoms with van der Waals surface area (Å²) in [7, 11) is 1.77. The van der Waals surface area contributed by atoms with Crippen molar-refractivity contribution < 1.29 is 23.9 Å². The van der Waals surface area contributed by atoms with E-state index in [9.17, 15) is 14.4 Å². The van der Waals surface area contributed by atoms with Crippen LogP contribution in [0.1, 0.15) is 49.4 Å². The lowest BCUT2D eigenvalue weighted by Crippen LogP contribution is -2.54. The highest BCUT2D eigenvalue weighted by molar-refractivity contribution is 5.99. The largest absolute Gasteiger partial charge is 0.490 e. The Labute approximate surface area is 176 Å². The third-order valence-electron chi connectivity index (χ3n) is 6.03. The Morgan fingerprint density at radius 2 is 2.00 bits per heavy atom. The number of ether oxygens (including phenoxy) is 2. The van der Waals surface area contributed by atoms with Crippen LogP contribution in [0.3, 0.4) is 0 Å². The predicted octanol–water partition coefficient (Wildman–Crippen LogP) is 1.94. The first kappa shape index (κ1) is 20.7. The van der Waals surface area contributed by atoms with Crippen LogP contribution in [0, 0.1) is 5.92 Å². The van der Waals surface area contributed by atoms with Gasteiger partial charge in [0.1, 0.15) is 18.5 Å². The predicted molar refractivity (Wildman–Crippen MR) is 110 cm³/mol. The molecule has 3 atom stereocenters. The molecular formula is C22H29N3O5. The van der Waals surface area contributed by atoms with Crippen LogP contribution in [-0.2, 0) is 14.3 Å². The molecule has 8 heteroatoms. The summed E-state index contributed by atoms with van der Waals surface area (Å²) in [5.41, 5.74) is 0.977. The van der Waals surface area contributed by atoms with E-state index in [0.29, 0.717) is 42.4 Å². The highest BCUT2D eigenvalue weighted by atomic mass is 16.5. The van der Waals surface area contributed by atoms with Crippen molar-refractivity contribution in [3.8, 4) is 5.75 Å². The summed E-state index contributed by atoms with van der Waals surface area (Å²) in [5, 5.41) is 5.69. The lowest BCUT2D eigenvalue weighted by molar-refractivity contribution is -0.134. The minimum Gasteiger partial charge on any atom is -0.490 e. The number of nitrogens with zero attached hydrogens (tertiary/aromatic N) is 1. The molecule has 0 unspecified atom stereocenters. The van der Waals surface area contributed by atoms with Crippen LogP contribution >= 0.6 is 0 Å². The molecule has 0 aromatic heterocycles. The van der Waals surface area contributed by atoms with E-state index >= 15 is 0 Å². The lowest BCUT2D eigenvalue weighted by atomic mass is 9.94. The summed E-state index contributed by atoms with van der Waals surface area (Å²) in [5.74, 6) is 0.770. The van der Waals surface area contributed by atoms with Gasteiger partial charge in [-0.15, -0.1) is 0 Å². The van der Waals surface area contributed by atoms with E-state index < -0.39 is 0 Å². The topological polar surface area (TPSA) is 97.0 Å². The Morgan fingerprint density at radius 1 is 1.20 bits per heavy atom. The number of benzene rings is 1. The van der Waals surface area contributed by atoms with Gasteiger partial charge in [-0.25, -0.2) is 0 Å². The van der Waals surface area contributed by atoms with Crippen molar-refractivity contribution in [2.24, 2.45) is 5.92 Å².